The Labute approximate surface area is 200 Å². The minimum atomic E-state index is -3.81. The van der Waals surface area contributed by atoms with Crippen LogP contribution >= 0.6 is 11.3 Å². The first-order chi connectivity index (χ1) is 16.3. The Balaban J connectivity index is 1.72. The highest BCUT2D eigenvalue weighted by molar-refractivity contribution is 7.89. The number of anilines is 1. The summed E-state index contributed by atoms with van der Waals surface area (Å²) in [4.78, 5) is 16.8. The number of ether oxygens (including phenoxy) is 2. The number of methoxy groups -OCH3 is 2. The van der Waals surface area contributed by atoms with E-state index in [0.29, 0.717) is 0 Å². The predicted molar refractivity (Wildman–Crippen MR) is 124 cm³/mol. The number of nitrogens with one attached hydrogen (secondary N) is 1. The van der Waals surface area contributed by atoms with Crippen molar-refractivity contribution < 1.29 is 31.5 Å². The summed E-state index contributed by atoms with van der Waals surface area (Å²) in [7, 11) is -0.848. The van der Waals surface area contributed by atoms with Gasteiger partial charge < -0.3 is 9.47 Å². The molecule has 0 saturated heterocycles. The molecule has 0 aliphatic carbocycles. The highest BCUT2D eigenvalue weighted by Gasteiger charge is 2.24. The summed E-state index contributed by atoms with van der Waals surface area (Å²) in [5.74, 6) is -1.97. The van der Waals surface area contributed by atoms with Crippen LogP contribution in [0.4, 0.5) is 13.9 Å². The molecule has 0 fully saturated rings. The van der Waals surface area contributed by atoms with Crippen molar-refractivity contribution in [1.82, 2.24) is 9.29 Å². The summed E-state index contributed by atoms with van der Waals surface area (Å²) >= 11 is 1.08. The van der Waals surface area contributed by atoms with Gasteiger partial charge in [0.1, 0.15) is 11.6 Å². The maximum atomic E-state index is 14.0. The lowest BCUT2D eigenvalue weighted by molar-refractivity contribution is 0.102. The van der Waals surface area contributed by atoms with Crippen LogP contribution in [0.25, 0.3) is 11.3 Å². The fourth-order valence-corrected chi connectivity index (χ4v) is 5.10. The molecule has 1 heterocycles. The first-order valence-electron chi connectivity index (χ1n) is 10.1. The third kappa shape index (κ3) is 6.21. The second-order valence-corrected chi connectivity index (χ2v) is 9.83. The van der Waals surface area contributed by atoms with Crippen LogP contribution in [-0.2, 0) is 19.5 Å². The second kappa shape index (κ2) is 11.6. The summed E-state index contributed by atoms with van der Waals surface area (Å²) in [5.41, 5.74) is 0.578. The summed E-state index contributed by atoms with van der Waals surface area (Å²) < 4.78 is 64.2. The van der Waals surface area contributed by atoms with Gasteiger partial charge in [-0.15, -0.1) is 11.3 Å². The van der Waals surface area contributed by atoms with E-state index in [1.165, 1.54) is 54.2 Å². The number of thiazole rings is 1. The molecule has 0 saturated carbocycles. The molecule has 0 radical (unpaired) electrons. The summed E-state index contributed by atoms with van der Waals surface area (Å²) in [5, 5.41) is 4.35. The maximum absolute atomic E-state index is 14.0. The molecule has 12 heteroatoms. The number of hydrogen-bond donors (Lipinski definition) is 1. The van der Waals surface area contributed by atoms with Crippen LogP contribution in [0.5, 0.6) is 0 Å². The number of benzene rings is 2. The average Bonchev–Trinajstić information content (AvgIpc) is 3.27. The Kier molecular flexibility index (Phi) is 8.80. The number of aromatic nitrogens is 1. The lowest BCUT2D eigenvalue weighted by Crippen LogP contribution is -2.36. The number of carbonyl (C=O) groups excluding carboxylic acids is 1. The normalized spacial score (nSPS) is 11.7. The van der Waals surface area contributed by atoms with Crippen LogP contribution in [0.2, 0.25) is 0 Å². The Morgan fingerprint density at radius 3 is 2.29 bits per heavy atom. The zero-order valence-electron chi connectivity index (χ0n) is 18.5. The highest BCUT2D eigenvalue weighted by Crippen LogP contribution is 2.28. The molecule has 0 atom stereocenters. The summed E-state index contributed by atoms with van der Waals surface area (Å²) in [6, 6.07) is 8.62. The van der Waals surface area contributed by atoms with Crippen molar-refractivity contribution in [1.29, 1.82) is 0 Å². The lowest BCUT2D eigenvalue weighted by atomic mass is 10.1. The van der Waals surface area contributed by atoms with Crippen molar-refractivity contribution in [3.63, 3.8) is 0 Å². The van der Waals surface area contributed by atoms with Gasteiger partial charge in [0.25, 0.3) is 5.91 Å². The lowest BCUT2D eigenvalue weighted by Gasteiger charge is -2.21. The number of carbonyl (C=O) groups is 1. The zero-order chi connectivity index (χ0) is 24.7. The predicted octanol–water partition coefficient (Wildman–Crippen LogP) is 3.62. The smallest absolute Gasteiger partial charge is 0.257 e. The Bertz CT molecular complexity index is 1230. The summed E-state index contributed by atoms with van der Waals surface area (Å²) in [6.07, 6.45) is 0. The Morgan fingerprint density at radius 1 is 1.06 bits per heavy atom. The van der Waals surface area contributed by atoms with Gasteiger partial charge in [-0.3, -0.25) is 10.1 Å². The molecule has 0 aliphatic rings. The Morgan fingerprint density at radius 2 is 1.71 bits per heavy atom. The third-order valence-corrected chi connectivity index (χ3v) is 7.45. The molecule has 1 aromatic heterocycles. The Hall–Kier alpha value is -2.77. The van der Waals surface area contributed by atoms with Gasteiger partial charge >= 0.3 is 0 Å². The molecule has 2 aromatic carbocycles. The largest absolute Gasteiger partial charge is 0.383 e. The van der Waals surface area contributed by atoms with E-state index in [1.807, 2.05) is 0 Å². The highest BCUT2D eigenvalue weighted by atomic mass is 32.2. The molecule has 3 rings (SSSR count). The molecule has 8 nitrogen and oxygen atoms in total. The minimum absolute atomic E-state index is 0.0274. The van der Waals surface area contributed by atoms with Crippen molar-refractivity contribution >= 4 is 32.4 Å². The number of rotatable bonds is 11. The van der Waals surface area contributed by atoms with E-state index in [1.54, 1.807) is 0 Å². The van der Waals surface area contributed by atoms with E-state index < -0.39 is 27.6 Å². The molecule has 0 spiro atoms. The summed E-state index contributed by atoms with van der Waals surface area (Å²) in [6.45, 7) is 0.763. The molecule has 0 unspecified atom stereocenters. The minimum Gasteiger partial charge on any atom is -0.383 e. The molecule has 0 bridgehead atoms. The van der Waals surface area contributed by atoms with Gasteiger partial charge in [-0.2, -0.15) is 4.31 Å². The van der Waals surface area contributed by atoms with Crippen LogP contribution in [-0.4, -0.2) is 64.1 Å². The third-order valence-electron chi connectivity index (χ3n) is 4.78. The van der Waals surface area contributed by atoms with Crippen LogP contribution < -0.4 is 5.32 Å². The molecule has 1 amide bonds. The molecule has 1 N–H and O–H groups in total. The van der Waals surface area contributed by atoms with Crippen LogP contribution in [0.15, 0.2) is 52.7 Å². The molecular weight excluding hydrogens is 488 g/mol. The number of nitrogens with zero attached hydrogens (tertiary/aromatic N) is 2. The van der Waals surface area contributed by atoms with Gasteiger partial charge in [0.05, 0.1) is 23.8 Å². The van der Waals surface area contributed by atoms with Gasteiger partial charge in [-0.1, -0.05) is 0 Å². The van der Waals surface area contributed by atoms with Gasteiger partial charge in [0.2, 0.25) is 10.0 Å². The van der Waals surface area contributed by atoms with Gasteiger partial charge in [-0.25, -0.2) is 22.2 Å². The SMILES string of the molecule is COCCN(CCOC)S(=O)(=O)c1ccc(C(=O)Nc2nc(-c3ccc(F)cc3F)cs2)cc1. The molecular formula is C22H23F2N3O5S2. The zero-order valence-corrected chi connectivity index (χ0v) is 20.1. The number of amides is 1. The van der Waals surface area contributed by atoms with E-state index >= 15 is 0 Å². The average molecular weight is 512 g/mol. The van der Waals surface area contributed by atoms with E-state index in [9.17, 15) is 22.0 Å². The maximum Gasteiger partial charge on any atom is 0.257 e. The van der Waals surface area contributed by atoms with Crippen molar-refractivity contribution in [2.75, 3.05) is 45.8 Å². The first kappa shape index (κ1) is 25.8. The molecule has 3 aromatic rings. The van der Waals surface area contributed by atoms with Crippen LogP contribution in [0, 0.1) is 11.6 Å². The van der Waals surface area contributed by atoms with Gasteiger partial charge in [-0.05, 0) is 36.4 Å². The standard InChI is InChI=1S/C22H23F2N3O5S2/c1-31-11-9-27(10-12-32-2)34(29,30)17-6-3-15(4-7-17)21(28)26-22-25-20(14-33-22)18-8-5-16(23)13-19(18)24/h3-8,13-14H,9-12H2,1-2H3,(H,25,26,28). The van der Waals surface area contributed by atoms with E-state index in [-0.39, 0.29) is 53.2 Å². The van der Waals surface area contributed by atoms with Gasteiger partial charge in [0, 0.05) is 49.9 Å². The van der Waals surface area contributed by atoms with Crippen molar-refractivity contribution in [3.8, 4) is 11.3 Å². The topological polar surface area (TPSA) is 97.8 Å². The van der Waals surface area contributed by atoms with Crippen molar-refractivity contribution in [2.45, 2.75) is 4.90 Å². The quantitative estimate of drug-likeness (QED) is 0.422. The van der Waals surface area contributed by atoms with E-state index in [0.717, 1.165) is 23.5 Å². The fourth-order valence-electron chi connectivity index (χ4n) is 2.99. The molecule has 182 valence electrons. The van der Waals surface area contributed by atoms with Gasteiger partial charge in [0.15, 0.2) is 5.13 Å². The van der Waals surface area contributed by atoms with Crippen molar-refractivity contribution in [2.24, 2.45) is 0 Å². The van der Waals surface area contributed by atoms with Crippen LogP contribution in [0.3, 0.4) is 0 Å². The monoisotopic (exact) mass is 511 g/mol. The first-order valence-corrected chi connectivity index (χ1v) is 12.4. The van der Waals surface area contributed by atoms with E-state index in [2.05, 4.69) is 10.3 Å². The number of sulfonamides is 1. The van der Waals surface area contributed by atoms with Crippen LogP contribution in [0.1, 0.15) is 10.4 Å². The number of hydrogen-bond acceptors (Lipinski definition) is 7. The molecule has 34 heavy (non-hydrogen) atoms. The second-order valence-electron chi connectivity index (χ2n) is 7.03. The fraction of sp³-hybridized carbons (Fsp3) is 0.273. The molecule has 0 aliphatic heterocycles. The number of halogens is 2. The van der Waals surface area contributed by atoms with Crippen molar-refractivity contribution in [3.05, 3.63) is 65.0 Å². The van der Waals surface area contributed by atoms with E-state index in [4.69, 9.17) is 9.47 Å².